The van der Waals surface area contributed by atoms with Crippen molar-refractivity contribution in [3.8, 4) is 0 Å². The maximum atomic E-state index is 5.82. The van der Waals surface area contributed by atoms with Crippen molar-refractivity contribution in [2.45, 2.75) is 0 Å². The van der Waals surface area contributed by atoms with E-state index in [0.717, 1.165) is 11.0 Å². The lowest BCUT2D eigenvalue weighted by Crippen LogP contribution is -2.25. The quantitative estimate of drug-likeness (QED) is 0.691. The van der Waals surface area contributed by atoms with Gasteiger partial charge in [0.25, 0.3) is 0 Å². The van der Waals surface area contributed by atoms with Crippen LogP contribution in [0, 0.1) is 0 Å². The number of hydrogen-bond acceptors (Lipinski definition) is 3. The Morgan fingerprint density at radius 3 is 3.07 bits per heavy atom. The monoisotopic (exact) mass is 226 g/mol. The molecule has 0 amide bonds. The zero-order chi connectivity index (χ0) is 10.1. The van der Waals surface area contributed by atoms with Crippen molar-refractivity contribution in [2.75, 3.05) is 7.05 Å². The van der Waals surface area contributed by atoms with E-state index in [1.54, 1.807) is 23.9 Å². The SMILES string of the molecule is CNC(=S)n1nnc2cc(Cl)ccc21. The first-order chi connectivity index (χ1) is 6.72. The second-order valence-corrected chi connectivity index (χ2v) is 3.51. The second-order valence-electron chi connectivity index (χ2n) is 2.69. The summed E-state index contributed by atoms with van der Waals surface area (Å²) in [7, 11) is 1.74. The molecule has 4 nitrogen and oxygen atoms in total. The summed E-state index contributed by atoms with van der Waals surface area (Å²) in [6.07, 6.45) is 0. The van der Waals surface area contributed by atoms with Gasteiger partial charge in [0.1, 0.15) is 5.52 Å². The van der Waals surface area contributed by atoms with Gasteiger partial charge in [-0.1, -0.05) is 16.8 Å². The molecule has 72 valence electrons. The zero-order valence-electron chi connectivity index (χ0n) is 7.36. The molecule has 2 aromatic rings. The third kappa shape index (κ3) is 1.44. The summed E-state index contributed by atoms with van der Waals surface area (Å²) in [4.78, 5) is 0. The van der Waals surface area contributed by atoms with Gasteiger partial charge in [0.05, 0.1) is 5.52 Å². The van der Waals surface area contributed by atoms with Crippen LogP contribution in [0.4, 0.5) is 0 Å². The summed E-state index contributed by atoms with van der Waals surface area (Å²) in [6, 6.07) is 5.36. The number of aromatic nitrogens is 3. The summed E-state index contributed by atoms with van der Waals surface area (Å²) in [5, 5.41) is 11.8. The van der Waals surface area contributed by atoms with Crippen LogP contribution in [0.25, 0.3) is 11.0 Å². The molecule has 0 saturated carbocycles. The van der Waals surface area contributed by atoms with Gasteiger partial charge in [-0.3, -0.25) is 0 Å². The smallest absolute Gasteiger partial charge is 0.195 e. The first-order valence-corrected chi connectivity index (χ1v) is 4.74. The van der Waals surface area contributed by atoms with Gasteiger partial charge in [-0.2, -0.15) is 4.68 Å². The van der Waals surface area contributed by atoms with E-state index in [1.165, 1.54) is 0 Å². The highest BCUT2D eigenvalue weighted by Crippen LogP contribution is 2.16. The van der Waals surface area contributed by atoms with Crippen LogP contribution in [-0.4, -0.2) is 27.2 Å². The molecule has 0 fully saturated rings. The lowest BCUT2D eigenvalue weighted by molar-refractivity contribution is 0.845. The summed E-state index contributed by atoms with van der Waals surface area (Å²) >= 11 is 10.9. The first kappa shape index (κ1) is 9.36. The highest BCUT2D eigenvalue weighted by Gasteiger charge is 2.06. The predicted molar refractivity (Wildman–Crippen MR) is 59.6 cm³/mol. The number of nitrogens with one attached hydrogen (secondary N) is 1. The molecule has 0 unspecified atom stereocenters. The lowest BCUT2D eigenvalue weighted by Gasteiger charge is -2.01. The van der Waals surface area contributed by atoms with Crippen LogP contribution in [-0.2, 0) is 0 Å². The van der Waals surface area contributed by atoms with Crippen LogP contribution in [0.5, 0.6) is 0 Å². The van der Waals surface area contributed by atoms with E-state index in [0.29, 0.717) is 10.1 Å². The first-order valence-electron chi connectivity index (χ1n) is 3.95. The van der Waals surface area contributed by atoms with Gasteiger partial charge in [0.15, 0.2) is 5.11 Å². The third-order valence-corrected chi connectivity index (χ3v) is 2.43. The average molecular weight is 227 g/mol. The molecule has 0 atom stereocenters. The van der Waals surface area contributed by atoms with Gasteiger partial charge in [-0.15, -0.1) is 5.10 Å². The minimum Gasteiger partial charge on any atom is -0.364 e. The Hall–Kier alpha value is -1.20. The Labute approximate surface area is 90.9 Å². The van der Waals surface area contributed by atoms with Crippen molar-refractivity contribution in [3.05, 3.63) is 23.2 Å². The van der Waals surface area contributed by atoms with Gasteiger partial charge in [0.2, 0.25) is 0 Å². The fourth-order valence-corrected chi connectivity index (χ4v) is 1.45. The molecule has 0 aliphatic rings. The Morgan fingerprint density at radius 1 is 1.57 bits per heavy atom. The fraction of sp³-hybridized carbons (Fsp3) is 0.125. The van der Waals surface area contributed by atoms with Crippen LogP contribution in [0.3, 0.4) is 0 Å². The van der Waals surface area contributed by atoms with Crippen molar-refractivity contribution in [3.63, 3.8) is 0 Å². The van der Waals surface area contributed by atoms with Crippen LogP contribution >= 0.6 is 23.8 Å². The van der Waals surface area contributed by atoms with Crippen molar-refractivity contribution >= 4 is 40.0 Å². The largest absolute Gasteiger partial charge is 0.364 e. The van der Waals surface area contributed by atoms with Gasteiger partial charge in [0, 0.05) is 12.1 Å². The second kappa shape index (κ2) is 3.51. The van der Waals surface area contributed by atoms with E-state index >= 15 is 0 Å². The molecule has 0 aliphatic carbocycles. The normalized spacial score (nSPS) is 10.4. The van der Waals surface area contributed by atoms with E-state index in [4.69, 9.17) is 23.8 Å². The van der Waals surface area contributed by atoms with Crippen molar-refractivity contribution in [1.29, 1.82) is 0 Å². The molecule has 1 aromatic heterocycles. The molecule has 14 heavy (non-hydrogen) atoms. The van der Waals surface area contributed by atoms with E-state index in [9.17, 15) is 0 Å². The molecule has 1 heterocycles. The number of fused-ring (bicyclic) bond motifs is 1. The van der Waals surface area contributed by atoms with Crippen molar-refractivity contribution in [1.82, 2.24) is 20.3 Å². The average Bonchev–Trinajstić information content (AvgIpc) is 2.59. The highest BCUT2D eigenvalue weighted by atomic mass is 35.5. The topological polar surface area (TPSA) is 42.7 Å². The fourth-order valence-electron chi connectivity index (χ4n) is 1.15. The number of benzene rings is 1. The number of hydrogen-bond donors (Lipinski definition) is 1. The molecule has 0 spiro atoms. The number of rotatable bonds is 0. The van der Waals surface area contributed by atoms with Gasteiger partial charge in [-0.25, -0.2) is 0 Å². The molecule has 0 aliphatic heterocycles. The predicted octanol–water partition coefficient (Wildman–Crippen LogP) is 1.44. The molecular formula is C8H7ClN4S. The van der Waals surface area contributed by atoms with E-state index in [-0.39, 0.29) is 0 Å². The van der Waals surface area contributed by atoms with Crippen molar-refractivity contribution in [2.24, 2.45) is 0 Å². The minimum absolute atomic E-state index is 0.509. The van der Waals surface area contributed by atoms with Gasteiger partial charge in [-0.05, 0) is 30.4 Å². The molecule has 1 aromatic carbocycles. The maximum Gasteiger partial charge on any atom is 0.195 e. The lowest BCUT2D eigenvalue weighted by atomic mass is 10.3. The maximum absolute atomic E-state index is 5.82. The van der Waals surface area contributed by atoms with Gasteiger partial charge < -0.3 is 5.32 Å². The summed E-state index contributed by atoms with van der Waals surface area (Å²) in [5.41, 5.74) is 1.57. The van der Waals surface area contributed by atoms with E-state index in [2.05, 4.69) is 15.6 Å². The Bertz CT molecular complexity index is 493. The molecule has 0 bridgehead atoms. The zero-order valence-corrected chi connectivity index (χ0v) is 8.93. The van der Waals surface area contributed by atoms with Crippen LogP contribution in [0.2, 0.25) is 5.02 Å². The van der Waals surface area contributed by atoms with E-state index in [1.807, 2.05) is 6.07 Å². The molecular weight excluding hydrogens is 220 g/mol. The number of thiocarbonyl (C=S) groups is 1. The van der Waals surface area contributed by atoms with Crippen LogP contribution in [0.15, 0.2) is 18.2 Å². The third-order valence-electron chi connectivity index (χ3n) is 1.81. The highest BCUT2D eigenvalue weighted by molar-refractivity contribution is 7.80. The molecule has 6 heteroatoms. The van der Waals surface area contributed by atoms with E-state index < -0.39 is 0 Å². The molecule has 2 rings (SSSR count). The molecule has 0 saturated heterocycles. The van der Waals surface area contributed by atoms with Crippen molar-refractivity contribution < 1.29 is 0 Å². The summed E-state index contributed by atoms with van der Waals surface area (Å²) in [6.45, 7) is 0. The Kier molecular flexibility index (Phi) is 2.35. The minimum atomic E-state index is 0.509. The summed E-state index contributed by atoms with van der Waals surface area (Å²) < 4.78 is 1.56. The molecule has 1 N–H and O–H groups in total. The van der Waals surface area contributed by atoms with Gasteiger partial charge >= 0.3 is 0 Å². The molecule has 0 radical (unpaired) electrons. The van der Waals surface area contributed by atoms with Crippen LogP contribution < -0.4 is 5.32 Å². The van der Waals surface area contributed by atoms with Crippen LogP contribution in [0.1, 0.15) is 0 Å². The standard InChI is InChI=1S/C8H7ClN4S/c1-10-8(14)13-7-3-2-5(9)4-6(7)11-12-13/h2-4H,1H3,(H,10,14). The number of halogens is 1. The number of nitrogens with zero attached hydrogens (tertiary/aromatic N) is 3. The Morgan fingerprint density at radius 2 is 2.36 bits per heavy atom. The Balaban J connectivity index is 2.64. The summed E-state index contributed by atoms with van der Waals surface area (Å²) in [5.74, 6) is 0.